The molecule has 32 heavy (non-hydrogen) atoms. The minimum Gasteiger partial charge on any atom is -0.484 e. The van der Waals surface area contributed by atoms with Crippen LogP contribution >= 0.6 is 23.4 Å². The second-order valence-corrected chi connectivity index (χ2v) is 8.54. The summed E-state index contributed by atoms with van der Waals surface area (Å²) in [4.78, 5) is 29.0. The number of halogens is 1. The molecule has 0 spiro atoms. The van der Waals surface area contributed by atoms with Crippen molar-refractivity contribution in [2.24, 2.45) is 0 Å². The summed E-state index contributed by atoms with van der Waals surface area (Å²) >= 11 is 7.36. The molecule has 8 heteroatoms. The number of nitrogens with zero attached hydrogens (tertiary/aromatic N) is 1. The number of nitrogens with one attached hydrogen (secondary N) is 1. The molecule has 3 aromatic rings. The van der Waals surface area contributed by atoms with Gasteiger partial charge in [0.05, 0.1) is 17.9 Å². The van der Waals surface area contributed by atoms with Gasteiger partial charge in [-0.15, -0.1) is 0 Å². The lowest BCUT2D eigenvalue weighted by molar-refractivity contribution is -0.118. The third-order valence-electron chi connectivity index (χ3n) is 4.82. The lowest BCUT2D eigenvalue weighted by atomic mass is 10.1. The van der Waals surface area contributed by atoms with E-state index in [9.17, 15) is 9.59 Å². The maximum absolute atomic E-state index is 13.2. The highest BCUT2D eigenvalue weighted by Gasteiger charge is 2.27. The van der Waals surface area contributed by atoms with Crippen molar-refractivity contribution < 1.29 is 19.1 Å². The number of hydrogen-bond donors (Lipinski definition) is 1. The SMILES string of the molecule is COCCN1C(=O)c2ccccc2Sc2cc(NC(=O)COc3ccc(Cl)cc3)ccc21. The van der Waals surface area contributed by atoms with Crippen LogP contribution in [0.2, 0.25) is 5.02 Å². The highest BCUT2D eigenvalue weighted by molar-refractivity contribution is 7.99. The van der Waals surface area contributed by atoms with E-state index >= 15 is 0 Å². The number of methoxy groups -OCH3 is 1. The zero-order valence-electron chi connectivity index (χ0n) is 17.3. The normalized spacial score (nSPS) is 12.6. The summed E-state index contributed by atoms with van der Waals surface area (Å²) in [7, 11) is 1.61. The van der Waals surface area contributed by atoms with Gasteiger partial charge in [-0.25, -0.2) is 0 Å². The molecule has 0 radical (unpaired) electrons. The van der Waals surface area contributed by atoms with Crippen LogP contribution in [0.3, 0.4) is 0 Å². The summed E-state index contributed by atoms with van der Waals surface area (Å²) < 4.78 is 10.7. The molecule has 2 amide bonds. The number of anilines is 2. The van der Waals surface area contributed by atoms with Crippen LogP contribution < -0.4 is 15.0 Å². The minimum absolute atomic E-state index is 0.0722. The summed E-state index contributed by atoms with van der Waals surface area (Å²) in [5.41, 5.74) is 2.05. The van der Waals surface area contributed by atoms with Crippen molar-refractivity contribution in [2.75, 3.05) is 37.1 Å². The maximum atomic E-state index is 13.2. The molecule has 0 bridgehead atoms. The summed E-state index contributed by atoms with van der Waals surface area (Å²) in [6.07, 6.45) is 0. The first kappa shape index (κ1) is 22.2. The highest BCUT2D eigenvalue weighted by atomic mass is 35.5. The molecule has 0 unspecified atom stereocenters. The van der Waals surface area contributed by atoms with Gasteiger partial charge in [-0.2, -0.15) is 0 Å². The van der Waals surface area contributed by atoms with Crippen LogP contribution in [0.25, 0.3) is 0 Å². The van der Waals surface area contributed by atoms with Crippen molar-refractivity contribution in [1.29, 1.82) is 0 Å². The second-order valence-electron chi connectivity index (χ2n) is 7.02. The van der Waals surface area contributed by atoms with E-state index < -0.39 is 0 Å². The third-order valence-corrected chi connectivity index (χ3v) is 6.19. The predicted molar refractivity (Wildman–Crippen MR) is 126 cm³/mol. The number of carbonyl (C=O) groups is 2. The molecule has 3 aromatic carbocycles. The zero-order valence-corrected chi connectivity index (χ0v) is 18.9. The summed E-state index contributed by atoms with van der Waals surface area (Å²) in [5.74, 6) is 0.203. The van der Waals surface area contributed by atoms with Crippen LogP contribution in [-0.2, 0) is 9.53 Å². The molecule has 0 atom stereocenters. The van der Waals surface area contributed by atoms with Gasteiger partial charge in [0.25, 0.3) is 11.8 Å². The van der Waals surface area contributed by atoms with E-state index in [4.69, 9.17) is 21.1 Å². The van der Waals surface area contributed by atoms with E-state index in [2.05, 4.69) is 5.32 Å². The number of amides is 2. The molecule has 1 heterocycles. The van der Waals surface area contributed by atoms with Crippen LogP contribution in [0.15, 0.2) is 76.5 Å². The van der Waals surface area contributed by atoms with Crippen LogP contribution in [0.1, 0.15) is 10.4 Å². The average Bonchev–Trinajstić information content (AvgIpc) is 2.91. The Hall–Kier alpha value is -3.00. The largest absolute Gasteiger partial charge is 0.484 e. The van der Waals surface area contributed by atoms with Gasteiger partial charge in [-0.3, -0.25) is 9.59 Å². The van der Waals surface area contributed by atoms with E-state index in [1.165, 1.54) is 11.8 Å². The van der Waals surface area contributed by atoms with Gasteiger partial charge in [-0.1, -0.05) is 35.5 Å². The minimum atomic E-state index is -0.286. The first-order valence-electron chi connectivity index (χ1n) is 9.95. The van der Waals surface area contributed by atoms with Gasteiger partial charge in [0.15, 0.2) is 6.61 Å². The molecule has 0 aliphatic carbocycles. The fourth-order valence-corrected chi connectivity index (χ4v) is 4.53. The molecule has 0 saturated heterocycles. The van der Waals surface area contributed by atoms with E-state index in [1.807, 2.05) is 36.4 Å². The number of hydrogen-bond acceptors (Lipinski definition) is 5. The smallest absolute Gasteiger partial charge is 0.262 e. The van der Waals surface area contributed by atoms with E-state index in [-0.39, 0.29) is 18.4 Å². The van der Waals surface area contributed by atoms with Crippen molar-refractivity contribution >= 4 is 46.6 Å². The lowest BCUT2D eigenvalue weighted by Gasteiger charge is -2.23. The third kappa shape index (κ3) is 5.07. The number of benzene rings is 3. The number of ether oxygens (including phenoxy) is 2. The van der Waals surface area contributed by atoms with Crippen LogP contribution in [-0.4, -0.2) is 38.7 Å². The fraction of sp³-hybridized carbons (Fsp3) is 0.167. The topological polar surface area (TPSA) is 67.9 Å². The van der Waals surface area contributed by atoms with Gasteiger partial charge in [-0.05, 0) is 54.6 Å². The summed E-state index contributed by atoms with van der Waals surface area (Å²) in [6, 6.07) is 19.8. The summed E-state index contributed by atoms with van der Waals surface area (Å²) in [5, 5.41) is 3.46. The molecule has 1 N–H and O–H groups in total. The van der Waals surface area contributed by atoms with Crippen molar-refractivity contribution in [3.63, 3.8) is 0 Å². The van der Waals surface area contributed by atoms with Gasteiger partial charge in [0, 0.05) is 34.2 Å². The average molecular weight is 469 g/mol. The van der Waals surface area contributed by atoms with Gasteiger partial charge in [0.2, 0.25) is 0 Å². The standard InChI is InChI=1S/C24H21ClN2O4S/c1-30-13-12-27-20-11-8-17(26-23(28)15-31-18-9-6-16(25)7-10-18)14-22(20)32-21-5-3-2-4-19(21)24(27)29/h2-11,14H,12-13,15H2,1H3,(H,26,28). The van der Waals surface area contributed by atoms with Crippen LogP contribution in [0.5, 0.6) is 5.75 Å². The van der Waals surface area contributed by atoms with Crippen LogP contribution in [0, 0.1) is 0 Å². The molecule has 6 nitrogen and oxygen atoms in total. The van der Waals surface area contributed by atoms with Gasteiger partial charge < -0.3 is 19.7 Å². The Morgan fingerprint density at radius 2 is 1.84 bits per heavy atom. The highest BCUT2D eigenvalue weighted by Crippen LogP contribution is 2.42. The Morgan fingerprint density at radius 1 is 1.06 bits per heavy atom. The number of fused-ring (bicyclic) bond motifs is 2. The zero-order chi connectivity index (χ0) is 22.5. The Kier molecular flexibility index (Phi) is 6.99. The van der Waals surface area contributed by atoms with Crippen molar-refractivity contribution in [3.8, 4) is 5.75 Å². The van der Waals surface area contributed by atoms with Crippen molar-refractivity contribution in [2.45, 2.75) is 9.79 Å². The second kappa shape index (κ2) is 10.1. The first-order chi connectivity index (χ1) is 15.5. The van der Waals surface area contributed by atoms with Gasteiger partial charge >= 0.3 is 0 Å². The van der Waals surface area contributed by atoms with E-state index in [0.29, 0.717) is 35.2 Å². The molecule has 4 rings (SSSR count). The monoisotopic (exact) mass is 468 g/mol. The quantitative estimate of drug-likeness (QED) is 0.521. The van der Waals surface area contributed by atoms with E-state index in [0.717, 1.165) is 15.5 Å². The predicted octanol–water partition coefficient (Wildman–Crippen LogP) is 5.12. The molecule has 0 fully saturated rings. The first-order valence-corrected chi connectivity index (χ1v) is 11.1. The van der Waals surface area contributed by atoms with Crippen LogP contribution in [0.4, 0.5) is 11.4 Å². The molecular weight excluding hydrogens is 448 g/mol. The lowest BCUT2D eigenvalue weighted by Crippen LogP contribution is -2.33. The number of rotatable bonds is 7. The maximum Gasteiger partial charge on any atom is 0.262 e. The molecule has 1 aliphatic heterocycles. The number of carbonyl (C=O) groups excluding carboxylic acids is 2. The van der Waals surface area contributed by atoms with Gasteiger partial charge in [0.1, 0.15) is 5.75 Å². The molecule has 0 aromatic heterocycles. The fourth-order valence-electron chi connectivity index (χ4n) is 3.28. The Morgan fingerprint density at radius 3 is 2.62 bits per heavy atom. The Balaban J connectivity index is 1.53. The van der Waals surface area contributed by atoms with E-state index in [1.54, 1.807) is 42.3 Å². The molecule has 164 valence electrons. The molecule has 0 saturated carbocycles. The molecule has 1 aliphatic rings. The Labute approximate surface area is 195 Å². The Bertz CT molecular complexity index is 1140. The van der Waals surface area contributed by atoms with Crippen molar-refractivity contribution in [1.82, 2.24) is 0 Å². The summed E-state index contributed by atoms with van der Waals surface area (Å²) in [6.45, 7) is 0.712. The molecular formula is C24H21ClN2O4S. The van der Waals surface area contributed by atoms with Crippen molar-refractivity contribution in [3.05, 3.63) is 77.3 Å².